The van der Waals surface area contributed by atoms with Crippen LogP contribution in [0.3, 0.4) is 0 Å². The minimum absolute atomic E-state index is 0.0654. The van der Waals surface area contributed by atoms with Gasteiger partial charge in [0.1, 0.15) is 28.5 Å². The van der Waals surface area contributed by atoms with Gasteiger partial charge in [-0.3, -0.25) is 0 Å². The second-order valence-electron chi connectivity index (χ2n) is 10.3. The first-order valence-corrected chi connectivity index (χ1v) is 15.0. The van der Waals surface area contributed by atoms with E-state index in [-0.39, 0.29) is 22.8 Å². The quantitative estimate of drug-likeness (QED) is 0.203. The Hall–Kier alpha value is -4.63. The van der Waals surface area contributed by atoms with E-state index in [1.807, 2.05) is 6.92 Å². The van der Waals surface area contributed by atoms with Crippen LogP contribution in [-0.2, 0) is 47.0 Å². The van der Waals surface area contributed by atoms with Gasteiger partial charge in [0.15, 0.2) is 12.4 Å². The van der Waals surface area contributed by atoms with E-state index in [9.17, 15) is 23.1 Å². The molecule has 2 saturated heterocycles. The molecule has 228 valence electrons. The maximum Gasteiger partial charge on any atom is 0.350 e. The van der Waals surface area contributed by atoms with Gasteiger partial charge in [0.2, 0.25) is 6.10 Å². The largest absolute Gasteiger partial charge is 0.454 e. The van der Waals surface area contributed by atoms with Crippen LogP contribution in [0.25, 0.3) is 0 Å². The van der Waals surface area contributed by atoms with Crippen molar-refractivity contribution in [1.82, 2.24) is 15.0 Å². The van der Waals surface area contributed by atoms with Crippen LogP contribution in [0.5, 0.6) is 5.75 Å². The van der Waals surface area contributed by atoms with Crippen LogP contribution in [0.4, 0.5) is 0 Å². The molecule has 0 unspecified atom stereocenters. The summed E-state index contributed by atoms with van der Waals surface area (Å²) < 4.78 is 53.8. The first kappa shape index (κ1) is 29.4. The lowest BCUT2D eigenvalue weighted by Crippen LogP contribution is -2.35. The molecule has 44 heavy (non-hydrogen) atoms. The average Bonchev–Trinajstić information content (AvgIpc) is 3.68. The van der Waals surface area contributed by atoms with Crippen LogP contribution < -0.4 is 4.18 Å². The monoisotopic (exact) mass is 621 g/mol. The molecule has 2 aliphatic rings. The zero-order valence-electron chi connectivity index (χ0n) is 23.3. The Balaban J connectivity index is 1.01. The zero-order chi connectivity index (χ0) is 30.8. The van der Waals surface area contributed by atoms with Crippen molar-refractivity contribution in [3.63, 3.8) is 0 Å². The number of carbonyl (C=O) groups excluding carboxylic acids is 2. The van der Waals surface area contributed by atoms with Gasteiger partial charge in [-0.25, -0.2) is 14.3 Å². The van der Waals surface area contributed by atoms with Crippen molar-refractivity contribution in [2.45, 2.75) is 55.7 Å². The Labute approximate surface area is 252 Å². The maximum atomic E-state index is 12.5. The Morgan fingerprint density at radius 3 is 2.45 bits per heavy atom. The molecule has 3 aromatic carbocycles. The van der Waals surface area contributed by atoms with Crippen molar-refractivity contribution in [2.75, 3.05) is 0 Å². The van der Waals surface area contributed by atoms with Crippen molar-refractivity contribution < 1.29 is 46.2 Å². The molecule has 4 aromatic rings. The zero-order valence-corrected chi connectivity index (χ0v) is 24.1. The molecule has 0 amide bonds. The standard InChI is InChI=1S/C30H27N3O10S/c1-18-7-13-23(14-8-18)44(37,38)43-22-11-9-19(10-12-22)15-33-16-21(31-32-33)17-39-30-24(34)25-26(42-30)27(29(36)40-25)41-28(35)20-5-3-2-4-6-20/h2-14,16,24-27,30,34H,15,17H2,1H3/t24-,25-,26+,27+,30-/m0/s1. The van der Waals surface area contributed by atoms with Crippen LogP contribution in [0.1, 0.15) is 27.2 Å². The van der Waals surface area contributed by atoms with Gasteiger partial charge in [0, 0.05) is 0 Å². The summed E-state index contributed by atoms with van der Waals surface area (Å²) in [6.45, 7) is 2.12. The topological polar surface area (TPSA) is 165 Å². The number of aliphatic hydroxyl groups excluding tert-OH is 1. The molecule has 13 nitrogen and oxygen atoms in total. The highest BCUT2D eigenvalue weighted by Crippen LogP contribution is 2.34. The summed E-state index contributed by atoms with van der Waals surface area (Å²) in [5.74, 6) is -1.36. The summed E-state index contributed by atoms with van der Waals surface area (Å²) in [7, 11) is -3.96. The number of fused-ring (bicyclic) bond motifs is 1. The number of hydrogen-bond donors (Lipinski definition) is 1. The fourth-order valence-electron chi connectivity index (χ4n) is 4.76. The molecule has 0 radical (unpaired) electrons. The van der Waals surface area contributed by atoms with Gasteiger partial charge < -0.3 is 28.2 Å². The highest BCUT2D eigenvalue weighted by Gasteiger charge is 2.59. The number of carbonyl (C=O) groups is 2. The van der Waals surface area contributed by atoms with E-state index in [0.717, 1.165) is 11.1 Å². The van der Waals surface area contributed by atoms with E-state index in [1.165, 1.54) is 12.1 Å². The number of aliphatic hydroxyl groups is 1. The van der Waals surface area contributed by atoms with E-state index in [0.29, 0.717) is 12.2 Å². The van der Waals surface area contributed by atoms with Crippen molar-refractivity contribution in [3.05, 3.63) is 107 Å². The van der Waals surface area contributed by atoms with E-state index >= 15 is 0 Å². The Kier molecular flexibility index (Phi) is 8.14. The molecule has 1 N–H and O–H groups in total. The number of aromatic nitrogens is 3. The molecular weight excluding hydrogens is 594 g/mol. The average molecular weight is 622 g/mol. The Morgan fingerprint density at radius 2 is 1.73 bits per heavy atom. The minimum atomic E-state index is -3.96. The van der Waals surface area contributed by atoms with Crippen LogP contribution in [0.2, 0.25) is 0 Å². The summed E-state index contributed by atoms with van der Waals surface area (Å²) in [5, 5.41) is 18.8. The molecule has 0 aliphatic carbocycles. The van der Waals surface area contributed by atoms with Crippen LogP contribution >= 0.6 is 0 Å². The van der Waals surface area contributed by atoms with Crippen LogP contribution in [0, 0.1) is 6.92 Å². The van der Waals surface area contributed by atoms with Crippen molar-refractivity contribution >= 4 is 22.1 Å². The van der Waals surface area contributed by atoms with E-state index in [4.69, 9.17) is 23.1 Å². The van der Waals surface area contributed by atoms with Gasteiger partial charge in [-0.2, -0.15) is 8.42 Å². The third-order valence-electron chi connectivity index (χ3n) is 7.02. The molecule has 1 aromatic heterocycles. The van der Waals surface area contributed by atoms with Gasteiger partial charge in [-0.05, 0) is 48.9 Å². The number of esters is 2. The number of rotatable bonds is 10. The molecule has 3 heterocycles. The van der Waals surface area contributed by atoms with Crippen LogP contribution in [-0.4, -0.2) is 71.2 Å². The van der Waals surface area contributed by atoms with E-state index < -0.39 is 52.8 Å². The number of ether oxygens (including phenoxy) is 4. The summed E-state index contributed by atoms with van der Waals surface area (Å²) in [4.78, 5) is 24.8. The van der Waals surface area contributed by atoms with Gasteiger partial charge in [-0.15, -0.1) is 5.10 Å². The van der Waals surface area contributed by atoms with Gasteiger partial charge in [-0.1, -0.05) is 53.2 Å². The maximum absolute atomic E-state index is 12.5. The lowest BCUT2D eigenvalue weighted by Gasteiger charge is -2.18. The second-order valence-corrected chi connectivity index (χ2v) is 11.8. The predicted molar refractivity (Wildman–Crippen MR) is 150 cm³/mol. The van der Waals surface area contributed by atoms with Crippen molar-refractivity contribution in [3.8, 4) is 5.75 Å². The predicted octanol–water partition coefficient (Wildman–Crippen LogP) is 2.16. The number of hydrogen-bond acceptors (Lipinski definition) is 12. The number of nitrogens with zero attached hydrogens (tertiary/aromatic N) is 3. The molecule has 14 heteroatoms. The number of aryl methyl sites for hydroxylation is 1. The molecule has 0 spiro atoms. The van der Waals surface area contributed by atoms with Crippen molar-refractivity contribution in [2.24, 2.45) is 0 Å². The minimum Gasteiger partial charge on any atom is -0.454 e. The molecule has 6 rings (SSSR count). The second kappa shape index (κ2) is 12.2. The van der Waals surface area contributed by atoms with E-state index in [1.54, 1.807) is 77.6 Å². The molecular formula is C30H27N3O10S. The highest BCUT2D eigenvalue weighted by molar-refractivity contribution is 7.87. The fraction of sp³-hybridized carbons (Fsp3) is 0.267. The summed E-state index contributed by atoms with van der Waals surface area (Å²) in [6.07, 6.45) is -4.28. The first-order valence-electron chi connectivity index (χ1n) is 13.6. The van der Waals surface area contributed by atoms with E-state index in [2.05, 4.69) is 10.3 Å². The Morgan fingerprint density at radius 1 is 1.00 bits per heavy atom. The van der Waals surface area contributed by atoms with Gasteiger partial charge in [0.05, 0.1) is 24.9 Å². The van der Waals surface area contributed by atoms with Gasteiger partial charge in [0.25, 0.3) is 0 Å². The van der Waals surface area contributed by atoms with Crippen LogP contribution in [0.15, 0.2) is 90.0 Å². The summed E-state index contributed by atoms with van der Waals surface area (Å²) in [6, 6.07) is 21.1. The molecule has 5 atom stereocenters. The smallest absolute Gasteiger partial charge is 0.350 e. The lowest BCUT2D eigenvalue weighted by molar-refractivity contribution is -0.191. The normalized spacial score (nSPS) is 22.8. The molecule has 0 saturated carbocycles. The Bertz CT molecular complexity index is 1740. The highest BCUT2D eigenvalue weighted by atomic mass is 32.2. The SMILES string of the molecule is Cc1ccc(S(=O)(=O)Oc2ccc(Cn3cc(CO[C@H]4O[C@@H]5[C@@H](OC(=O)[C@@H]5OC(=O)c5ccccc5)[C@@H]4O)nn3)cc2)cc1. The summed E-state index contributed by atoms with van der Waals surface area (Å²) >= 11 is 0. The van der Waals surface area contributed by atoms with Gasteiger partial charge >= 0.3 is 22.1 Å². The summed E-state index contributed by atoms with van der Waals surface area (Å²) in [5.41, 5.74) is 2.44. The molecule has 2 fully saturated rings. The third-order valence-corrected chi connectivity index (χ3v) is 8.28. The molecule has 2 aliphatic heterocycles. The fourth-order valence-corrected chi connectivity index (χ4v) is 5.69. The third kappa shape index (κ3) is 6.33. The molecule has 0 bridgehead atoms. The lowest BCUT2D eigenvalue weighted by atomic mass is 10.1. The number of benzene rings is 3. The van der Waals surface area contributed by atoms with Crippen molar-refractivity contribution in [1.29, 1.82) is 0 Å². The first-order chi connectivity index (χ1) is 21.2.